The fourth-order valence-corrected chi connectivity index (χ4v) is 1.59. The Balaban J connectivity index is 2.44. The van der Waals surface area contributed by atoms with E-state index in [1.54, 1.807) is 13.3 Å². The van der Waals surface area contributed by atoms with Gasteiger partial charge in [-0.05, 0) is 6.07 Å². The summed E-state index contributed by atoms with van der Waals surface area (Å²) in [7, 11) is 1.62. The van der Waals surface area contributed by atoms with Gasteiger partial charge in [-0.2, -0.15) is 0 Å². The van der Waals surface area contributed by atoms with Crippen LogP contribution in [0.15, 0.2) is 42.6 Å². The third kappa shape index (κ3) is 2.04. The largest absolute Gasteiger partial charge is 0.495 e. The molecule has 16 heavy (non-hydrogen) atoms. The van der Waals surface area contributed by atoms with E-state index < -0.39 is 0 Å². The highest BCUT2D eigenvalue weighted by Crippen LogP contribution is 2.23. The van der Waals surface area contributed by atoms with Crippen molar-refractivity contribution in [3.8, 4) is 17.0 Å². The normalized spacial score (nSPS) is 10.1. The van der Waals surface area contributed by atoms with Crippen molar-refractivity contribution < 1.29 is 4.74 Å². The molecule has 1 aromatic heterocycles. The molecule has 0 saturated heterocycles. The van der Waals surface area contributed by atoms with Crippen molar-refractivity contribution >= 4 is 0 Å². The molecule has 0 amide bonds. The molecule has 2 aromatic rings. The fourth-order valence-electron chi connectivity index (χ4n) is 1.59. The van der Waals surface area contributed by atoms with Crippen molar-refractivity contribution in [2.45, 2.75) is 6.54 Å². The zero-order valence-corrected chi connectivity index (χ0v) is 9.18. The predicted molar refractivity (Wildman–Crippen MR) is 64.1 cm³/mol. The maximum absolute atomic E-state index is 5.67. The quantitative estimate of drug-likeness (QED) is 0.852. The lowest BCUT2D eigenvalue weighted by atomic mass is 10.1. The molecule has 0 aliphatic heterocycles. The van der Waals surface area contributed by atoms with Crippen molar-refractivity contribution in [3.05, 3.63) is 48.2 Å². The molecule has 0 atom stereocenters. The van der Waals surface area contributed by atoms with Crippen LogP contribution in [0.5, 0.6) is 5.75 Å². The van der Waals surface area contributed by atoms with Gasteiger partial charge in [0.1, 0.15) is 5.75 Å². The van der Waals surface area contributed by atoms with Crippen molar-refractivity contribution in [3.63, 3.8) is 0 Å². The maximum Gasteiger partial charge on any atom is 0.141 e. The Hall–Kier alpha value is -1.87. The summed E-state index contributed by atoms with van der Waals surface area (Å²) < 4.78 is 5.18. The van der Waals surface area contributed by atoms with Crippen molar-refractivity contribution in [2.24, 2.45) is 5.73 Å². The molecular weight excluding hydrogens is 200 g/mol. The number of nitrogens with two attached hydrogens (primary N) is 1. The van der Waals surface area contributed by atoms with Crippen LogP contribution in [-0.4, -0.2) is 12.1 Å². The minimum atomic E-state index is 0.450. The van der Waals surface area contributed by atoms with Gasteiger partial charge in [0.25, 0.3) is 0 Å². The molecule has 0 aliphatic carbocycles. The number of rotatable bonds is 3. The van der Waals surface area contributed by atoms with Gasteiger partial charge in [-0.3, -0.25) is 4.98 Å². The zero-order valence-electron chi connectivity index (χ0n) is 9.18. The Labute approximate surface area is 94.9 Å². The number of pyridine rings is 1. The Kier molecular flexibility index (Phi) is 3.17. The summed E-state index contributed by atoms with van der Waals surface area (Å²) in [6.45, 7) is 0.450. The number of hydrogen-bond acceptors (Lipinski definition) is 3. The number of aromatic nitrogens is 1. The van der Waals surface area contributed by atoms with Gasteiger partial charge in [0.2, 0.25) is 0 Å². The van der Waals surface area contributed by atoms with Crippen LogP contribution in [0, 0.1) is 0 Å². The standard InChI is InChI=1S/C13H14N2O/c1-16-13-9-15-12(7-11(13)8-14)10-5-3-2-4-6-10/h2-7,9H,8,14H2,1H3. The van der Waals surface area contributed by atoms with Crippen LogP contribution in [0.2, 0.25) is 0 Å². The average molecular weight is 214 g/mol. The molecule has 0 aliphatic rings. The molecule has 0 saturated carbocycles. The highest BCUT2D eigenvalue weighted by molar-refractivity contribution is 5.60. The van der Waals surface area contributed by atoms with E-state index in [1.165, 1.54) is 0 Å². The van der Waals surface area contributed by atoms with E-state index >= 15 is 0 Å². The molecule has 2 N–H and O–H groups in total. The zero-order chi connectivity index (χ0) is 11.4. The predicted octanol–water partition coefficient (Wildman–Crippen LogP) is 2.22. The van der Waals surface area contributed by atoms with Gasteiger partial charge in [-0.25, -0.2) is 0 Å². The Bertz CT molecular complexity index is 469. The highest BCUT2D eigenvalue weighted by Gasteiger charge is 2.05. The van der Waals surface area contributed by atoms with Crippen LogP contribution in [-0.2, 0) is 6.54 Å². The highest BCUT2D eigenvalue weighted by atomic mass is 16.5. The number of nitrogens with zero attached hydrogens (tertiary/aromatic N) is 1. The second kappa shape index (κ2) is 4.77. The lowest BCUT2D eigenvalue weighted by Gasteiger charge is -2.08. The SMILES string of the molecule is COc1cnc(-c2ccccc2)cc1CN. The van der Waals surface area contributed by atoms with Crippen LogP contribution >= 0.6 is 0 Å². The van der Waals surface area contributed by atoms with Gasteiger partial charge < -0.3 is 10.5 Å². The van der Waals surface area contributed by atoms with E-state index in [4.69, 9.17) is 10.5 Å². The summed E-state index contributed by atoms with van der Waals surface area (Å²) >= 11 is 0. The summed E-state index contributed by atoms with van der Waals surface area (Å²) in [6.07, 6.45) is 1.71. The Morgan fingerprint density at radius 2 is 2.00 bits per heavy atom. The number of hydrogen-bond donors (Lipinski definition) is 1. The summed E-state index contributed by atoms with van der Waals surface area (Å²) in [6, 6.07) is 12.0. The number of ether oxygens (including phenoxy) is 1. The Morgan fingerprint density at radius 3 is 2.62 bits per heavy atom. The van der Waals surface area contributed by atoms with E-state index in [0.717, 1.165) is 22.6 Å². The van der Waals surface area contributed by atoms with Gasteiger partial charge in [0, 0.05) is 17.7 Å². The van der Waals surface area contributed by atoms with E-state index in [-0.39, 0.29) is 0 Å². The summed E-state index contributed by atoms with van der Waals surface area (Å²) in [4.78, 5) is 4.35. The second-order valence-electron chi connectivity index (χ2n) is 3.45. The second-order valence-corrected chi connectivity index (χ2v) is 3.45. The number of methoxy groups -OCH3 is 1. The molecule has 1 heterocycles. The molecule has 3 heteroatoms. The summed E-state index contributed by atoms with van der Waals surface area (Å²) in [5.41, 5.74) is 8.64. The third-order valence-corrected chi connectivity index (χ3v) is 2.46. The molecule has 0 spiro atoms. The number of benzene rings is 1. The Morgan fingerprint density at radius 1 is 1.25 bits per heavy atom. The lowest BCUT2D eigenvalue weighted by Crippen LogP contribution is -2.01. The van der Waals surface area contributed by atoms with Crippen LogP contribution < -0.4 is 10.5 Å². The van der Waals surface area contributed by atoms with Crippen LogP contribution in [0.3, 0.4) is 0 Å². The first-order valence-electron chi connectivity index (χ1n) is 5.13. The topological polar surface area (TPSA) is 48.1 Å². The van der Waals surface area contributed by atoms with E-state index in [0.29, 0.717) is 6.54 Å². The minimum Gasteiger partial charge on any atom is -0.495 e. The van der Waals surface area contributed by atoms with Gasteiger partial charge in [-0.1, -0.05) is 30.3 Å². The summed E-state index contributed by atoms with van der Waals surface area (Å²) in [5, 5.41) is 0. The molecule has 3 nitrogen and oxygen atoms in total. The van der Waals surface area contributed by atoms with Gasteiger partial charge in [0.05, 0.1) is 19.0 Å². The molecule has 2 rings (SSSR count). The minimum absolute atomic E-state index is 0.450. The van der Waals surface area contributed by atoms with Gasteiger partial charge in [-0.15, -0.1) is 0 Å². The maximum atomic E-state index is 5.67. The lowest BCUT2D eigenvalue weighted by molar-refractivity contribution is 0.408. The molecule has 0 unspecified atom stereocenters. The average Bonchev–Trinajstić information content (AvgIpc) is 2.39. The van der Waals surface area contributed by atoms with Crippen LogP contribution in [0.25, 0.3) is 11.3 Å². The third-order valence-electron chi connectivity index (χ3n) is 2.46. The first kappa shape index (κ1) is 10.6. The van der Waals surface area contributed by atoms with Gasteiger partial charge >= 0.3 is 0 Å². The molecule has 0 fully saturated rings. The van der Waals surface area contributed by atoms with Gasteiger partial charge in [0.15, 0.2) is 0 Å². The van der Waals surface area contributed by atoms with E-state index in [1.807, 2.05) is 36.4 Å². The van der Waals surface area contributed by atoms with E-state index in [9.17, 15) is 0 Å². The van der Waals surface area contributed by atoms with Crippen LogP contribution in [0.1, 0.15) is 5.56 Å². The smallest absolute Gasteiger partial charge is 0.141 e. The molecule has 82 valence electrons. The monoisotopic (exact) mass is 214 g/mol. The van der Waals surface area contributed by atoms with Crippen molar-refractivity contribution in [1.82, 2.24) is 4.98 Å². The molecular formula is C13H14N2O. The molecule has 0 bridgehead atoms. The fraction of sp³-hybridized carbons (Fsp3) is 0.154. The van der Waals surface area contributed by atoms with Crippen molar-refractivity contribution in [2.75, 3.05) is 7.11 Å². The van der Waals surface area contributed by atoms with Crippen molar-refractivity contribution in [1.29, 1.82) is 0 Å². The molecule has 0 radical (unpaired) electrons. The van der Waals surface area contributed by atoms with E-state index in [2.05, 4.69) is 4.98 Å². The first-order chi connectivity index (χ1) is 7.85. The van der Waals surface area contributed by atoms with Crippen LogP contribution in [0.4, 0.5) is 0 Å². The first-order valence-corrected chi connectivity index (χ1v) is 5.13. The molecule has 1 aromatic carbocycles. The summed E-state index contributed by atoms with van der Waals surface area (Å²) in [5.74, 6) is 0.738.